The molecule has 0 saturated heterocycles. The second kappa shape index (κ2) is 4.53. The zero-order valence-electron chi connectivity index (χ0n) is 9.54. The zero-order valence-corrected chi connectivity index (χ0v) is 9.54. The Kier molecular flexibility index (Phi) is 3.08. The Morgan fingerprint density at radius 2 is 2.29 bits per heavy atom. The van der Waals surface area contributed by atoms with Gasteiger partial charge in [-0.05, 0) is 18.1 Å². The molecule has 2 rings (SSSR count). The fourth-order valence-electron chi connectivity index (χ4n) is 1.87. The van der Waals surface area contributed by atoms with Gasteiger partial charge >= 0.3 is 5.97 Å². The second-order valence-corrected chi connectivity index (χ2v) is 4.34. The molecule has 1 saturated carbocycles. The topological polar surface area (TPSA) is 70.5 Å². The van der Waals surface area contributed by atoms with Crippen molar-refractivity contribution in [3.8, 4) is 0 Å². The summed E-state index contributed by atoms with van der Waals surface area (Å²) < 4.78 is 0. The van der Waals surface area contributed by atoms with Crippen molar-refractivity contribution in [1.82, 2.24) is 9.88 Å². The summed E-state index contributed by atoms with van der Waals surface area (Å²) in [6.45, 7) is 0.468. The third kappa shape index (κ3) is 2.61. The van der Waals surface area contributed by atoms with Crippen LogP contribution in [-0.2, 0) is 16.1 Å². The first kappa shape index (κ1) is 11.6. The van der Waals surface area contributed by atoms with E-state index in [4.69, 9.17) is 5.11 Å². The van der Waals surface area contributed by atoms with Crippen LogP contribution in [0.4, 0.5) is 0 Å². The summed E-state index contributed by atoms with van der Waals surface area (Å²) >= 11 is 0. The number of aromatic nitrogens is 1. The third-order valence-electron chi connectivity index (χ3n) is 2.94. The van der Waals surface area contributed by atoms with Crippen LogP contribution in [0.5, 0.6) is 0 Å². The molecular weight excluding hydrogens is 220 g/mol. The van der Waals surface area contributed by atoms with Crippen molar-refractivity contribution in [2.24, 2.45) is 11.8 Å². The lowest BCUT2D eigenvalue weighted by atomic mass is 10.2. The first-order valence-electron chi connectivity index (χ1n) is 5.46. The van der Waals surface area contributed by atoms with Gasteiger partial charge in [0.15, 0.2) is 0 Å². The van der Waals surface area contributed by atoms with Crippen LogP contribution < -0.4 is 0 Å². The van der Waals surface area contributed by atoms with Gasteiger partial charge < -0.3 is 10.0 Å². The van der Waals surface area contributed by atoms with E-state index < -0.39 is 11.9 Å². The standard InChI is InChI=1S/C12H14N2O3/c1-14(7-8-3-2-4-13-6-8)11(15)9-5-10(9)12(16)17/h2-4,6,9-10H,5,7H2,1H3,(H,16,17)/t9-,10+/m1/s1. The minimum atomic E-state index is -0.877. The lowest BCUT2D eigenvalue weighted by Gasteiger charge is -2.16. The van der Waals surface area contributed by atoms with Gasteiger partial charge in [0.05, 0.1) is 11.8 Å². The molecule has 1 N–H and O–H groups in total. The Bertz CT molecular complexity index is 433. The highest BCUT2D eigenvalue weighted by molar-refractivity contribution is 5.89. The highest BCUT2D eigenvalue weighted by atomic mass is 16.4. The molecule has 1 heterocycles. The van der Waals surface area contributed by atoms with Crippen molar-refractivity contribution in [2.45, 2.75) is 13.0 Å². The summed E-state index contributed by atoms with van der Waals surface area (Å²) in [5.41, 5.74) is 0.941. The van der Waals surface area contributed by atoms with Crippen LogP contribution in [0.25, 0.3) is 0 Å². The molecule has 0 unspecified atom stereocenters. The Hall–Kier alpha value is -1.91. The van der Waals surface area contributed by atoms with Gasteiger partial charge in [-0.25, -0.2) is 0 Å². The molecule has 1 aliphatic carbocycles. The van der Waals surface area contributed by atoms with Crippen molar-refractivity contribution >= 4 is 11.9 Å². The number of rotatable bonds is 4. The van der Waals surface area contributed by atoms with E-state index in [1.54, 1.807) is 24.3 Å². The number of hydrogen-bond acceptors (Lipinski definition) is 3. The molecule has 1 fully saturated rings. The first-order chi connectivity index (χ1) is 8.09. The summed E-state index contributed by atoms with van der Waals surface area (Å²) in [5, 5.41) is 8.76. The summed E-state index contributed by atoms with van der Waals surface area (Å²) in [7, 11) is 1.69. The molecule has 2 atom stereocenters. The Morgan fingerprint density at radius 3 is 2.82 bits per heavy atom. The molecule has 1 aromatic heterocycles. The molecule has 5 heteroatoms. The normalized spacial score (nSPS) is 21.9. The molecule has 0 radical (unpaired) electrons. The van der Waals surface area contributed by atoms with Gasteiger partial charge in [0.2, 0.25) is 5.91 Å². The molecular formula is C12H14N2O3. The predicted molar refractivity (Wildman–Crippen MR) is 59.9 cm³/mol. The van der Waals surface area contributed by atoms with Gasteiger partial charge in [0.25, 0.3) is 0 Å². The molecule has 90 valence electrons. The minimum Gasteiger partial charge on any atom is -0.481 e. The maximum atomic E-state index is 11.9. The van der Waals surface area contributed by atoms with E-state index in [9.17, 15) is 9.59 Å². The summed E-state index contributed by atoms with van der Waals surface area (Å²) in [5.74, 6) is -1.80. The highest BCUT2D eigenvalue weighted by Crippen LogP contribution is 2.40. The number of aliphatic carboxylic acids is 1. The third-order valence-corrected chi connectivity index (χ3v) is 2.94. The van der Waals surface area contributed by atoms with Crippen LogP contribution in [0.3, 0.4) is 0 Å². The SMILES string of the molecule is CN(Cc1cccnc1)C(=O)[C@@H]1C[C@@H]1C(=O)O. The van der Waals surface area contributed by atoms with Gasteiger partial charge in [0, 0.05) is 26.0 Å². The molecule has 5 nitrogen and oxygen atoms in total. The predicted octanol–water partition coefficient (Wildman–Crippen LogP) is 0.761. The smallest absolute Gasteiger partial charge is 0.307 e. The maximum Gasteiger partial charge on any atom is 0.307 e. The van der Waals surface area contributed by atoms with Crippen molar-refractivity contribution in [1.29, 1.82) is 0 Å². The van der Waals surface area contributed by atoms with Crippen LogP contribution in [-0.4, -0.2) is 33.9 Å². The number of carbonyl (C=O) groups is 2. The average Bonchev–Trinajstić information content (AvgIpc) is 3.09. The van der Waals surface area contributed by atoms with Crippen molar-refractivity contribution in [3.05, 3.63) is 30.1 Å². The molecule has 1 aliphatic rings. The Balaban J connectivity index is 1.91. The van der Waals surface area contributed by atoms with E-state index in [-0.39, 0.29) is 11.8 Å². The molecule has 1 aromatic rings. The van der Waals surface area contributed by atoms with Crippen LogP contribution in [0, 0.1) is 11.8 Å². The Labute approximate surface area is 99.1 Å². The summed E-state index contributed by atoms with van der Waals surface area (Å²) in [4.78, 5) is 28.1. The second-order valence-electron chi connectivity index (χ2n) is 4.34. The van der Waals surface area contributed by atoms with Crippen LogP contribution >= 0.6 is 0 Å². The molecule has 1 amide bonds. The average molecular weight is 234 g/mol. The van der Waals surface area contributed by atoms with E-state index in [1.807, 2.05) is 12.1 Å². The monoisotopic (exact) mass is 234 g/mol. The Morgan fingerprint density at radius 1 is 1.53 bits per heavy atom. The van der Waals surface area contributed by atoms with Gasteiger partial charge in [-0.3, -0.25) is 14.6 Å². The van der Waals surface area contributed by atoms with Crippen molar-refractivity contribution < 1.29 is 14.7 Å². The van der Waals surface area contributed by atoms with E-state index >= 15 is 0 Å². The van der Waals surface area contributed by atoms with Gasteiger partial charge in [-0.1, -0.05) is 6.07 Å². The lowest BCUT2D eigenvalue weighted by molar-refractivity contribution is -0.141. The van der Waals surface area contributed by atoms with E-state index in [0.29, 0.717) is 13.0 Å². The van der Waals surface area contributed by atoms with Crippen LogP contribution in [0.1, 0.15) is 12.0 Å². The molecule has 0 aromatic carbocycles. The number of carboxylic acid groups (broad SMARTS) is 1. The number of carbonyl (C=O) groups excluding carboxylic acids is 1. The van der Waals surface area contributed by atoms with Gasteiger partial charge in [-0.15, -0.1) is 0 Å². The minimum absolute atomic E-state index is 0.0961. The quantitative estimate of drug-likeness (QED) is 0.835. The van der Waals surface area contributed by atoms with Crippen LogP contribution in [0.2, 0.25) is 0 Å². The van der Waals surface area contributed by atoms with Gasteiger partial charge in [0.1, 0.15) is 0 Å². The van der Waals surface area contributed by atoms with Crippen molar-refractivity contribution in [3.63, 3.8) is 0 Å². The fourth-order valence-corrected chi connectivity index (χ4v) is 1.87. The summed E-state index contributed by atoms with van der Waals surface area (Å²) in [6, 6.07) is 3.70. The highest BCUT2D eigenvalue weighted by Gasteiger charge is 2.49. The number of carboxylic acids is 1. The number of pyridine rings is 1. The first-order valence-corrected chi connectivity index (χ1v) is 5.46. The fraction of sp³-hybridized carbons (Fsp3) is 0.417. The lowest BCUT2D eigenvalue weighted by Crippen LogP contribution is -2.28. The van der Waals surface area contributed by atoms with Gasteiger partial charge in [-0.2, -0.15) is 0 Å². The van der Waals surface area contributed by atoms with Crippen molar-refractivity contribution in [2.75, 3.05) is 7.05 Å². The number of hydrogen-bond donors (Lipinski definition) is 1. The van der Waals surface area contributed by atoms with E-state index in [2.05, 4.69) is 4.98 Å². The molecule has 0 aliphatic heterocycles. The van der Waals surface area contributed by atoms with E-state index in [1.165, 1.54) is 0 Å². The summed E-state index contributed by atoms with van der Waals surface area (Å²) in [6.07, 6.45) is 3.84. The largest absolute Gasteiger partial charge is 0.481 e. The van der Waals surface area contributed by atoms with E-state index in [0.717, 1.165) is 5.56 Å². The maximum absolute atomic E-state index is 11.9. The van der Waals surface area contributed by atoms with Crippen LogP contribution in [0.15, 0.2) is 24.5 Å². The number of amides is 1. The zero-order chi connectivity index (χ0) is 12.4. The molecule has 0 spiro atoms. The number of nitrogens with zero attached hydrogens (tertiary/aromatic N) is 2. The molecule has 0 bridgehead atoms. The molecule has 17 heavy (non-hydrogen) atoms.